The van der Waals surface area contributed by atoms with Gasteiger partial charge >= 0.3 is 0 Å². The lowest BCUT2D eigenvalue weighted by Crippen LogP contribution is -2.24. The minimum atomic E-state index is -0.0188. The number of aromatic nitrogens is 1. The number of pyridine rings is 1. The Kier molecular flexibility index (Phi) is 3.63. The molecule has 1 fully saturated rings. The normalized spacial score (nSPS) is 21.3. The highest BCUT2D eigenvalue weighted by Gasteiger charge is 2.19. The lowest BCUT2D eigenvalue weighted by molar-refractivity contribution is 0.282. The molecule has 1 atom stereocenters. The Balaban J connectivity index is 2.10. The predicted octanol–water partition coefficient (Wildman–Crippen LogP) is 1.34. The molecular weight excluding hydrogens is 226 g/mol. The summed E-state index contributed by atoms with van der Waals surface area (Å²) in [6.45, 7) is 2.10. The Morgan fingerprint density at radius 2 is 2.50 bits per heavy atom. The minimum Gasteiger partial charge on any atom is -0.392 e. The molecule has 5 heteroatoms. The lowest BCUT2D eigenvalue weighted by Gasteiger charge is -2.16. The number of anilines is 1. The molecule has 1 unspecified atom stereocenters. The summed E-state index contributed by atoms with van der Waals surface area (Å²) in [5.74, 6) is 0. The Hall–Kier alpha value is -0.840. The minimum absolute atomic E-state index is 0.0188. The Bertz CT molecular complexity index is 372. The van der Waals surface area contributed by atoms with Gasteiger partial charge < -0.3 is 15.3 Å². The molecule has 2 rings (SSSR count). The van der Waals surface area contributed by atoms with Crippen LogP contribution in [0.4, 0.5) is 5.69 Å². The van der Waals surface area contributed by atoms with E-state index in [0.717, 1.165) is 30.8 Å². The fraction of sp³-hybridized carbons (Fsp3) is 0.545. The van der Waals surface area contributed by atoms with Gasteiger partial charge in [-0.25, -0.2) is 4.98 Å². The average Bonchev–Trinajstić information content (AvgIpc) is 2.64. The van der Waals surface area contributed by atoms with Crippen molar-refractivity contribution in [2.24, 2.45) is 0 Å². The standard InChI is InChI=1S/C11H16ClN3O/c1-15-3-2-9(6-15)14-10-4-11(12)13-5-8(10)7-16/h4-5,9,16H,2-3,6-7H2,1H3,(H,13,14). The van der Waals surface area contributed by atoms with Gasteiger partial charge in [-0.15, -0.1) is 0 Å². The van der Waals surface area contributed by atoms with E-state index in [1.807, 2.05) is 0 Å². The van der Waals surface area contributed by atoms with Crippen LogP contribution in [-0.2, 0) is 6.61 Å². The summed E-state index contributed by atoms with van der Waals surface area (Å²) < 4.78 is 0. The summed E-state index contributed by atoms with van der Waals surface area (Å²) in [7, 11) is 2.11. The van der Waals surface area contributed by atoms with E-state index in [2.05, 4.69) is 22.2 Å². The highest BCUT2D eigenvalue weighted by molar-refractivity contribution is 6.29. The van der Waals surface area contributed by atoms with E-state index < -0.39 is 0 Å². The van der Waals surface area contributed by atoms with E-state index in [-0.39, 0.29) is 6.61 Å². The molecule has 1 saturated heterocycles. The van der Waals surface area contributed by atoms with Crippen LogP contribution in [0.5, 0.6) is 0 Å². The maximum atomic E-state index is 9.20. The van der Waals surface area contributed by atoms with Crippen molar-refractivity contribution in [3.05, 3.63) is 23.0 Å². The third-order valence-electron chi connectivity index (χ3n) is 2.87. The van der Waals surface area contributed by atoms with Gasteiger partial charge in [0.25, 0.3) is 0 Å². The summed E-state index contributed by atoms with van der Waals surface area (Å²) in [4.78, 5) is 6.23. The summed E-state index contributed by atoms with van der Waals surface area (Å²) in [5.41, 5.74) is 1.68. The number of nitrogens with one attached hydrogen (secondary N) is 1. The van der Waals surface area contributed by atoms with Gasteiger partial charge in [0.15, 0.2) is 0 Å². The van der Waals surface area contributed by atoms with Crippen molar-refractivity contribution in [2.45, 2.75) is 19.1 Å². The van der Waals surface area contributed by atoms with E-state index in [9.17, 15) is 5.11 Å². The van der Waals surface area contributed by atoms with Crippen LogP contribution >= 0.6 is 11.6 Å². The summed E-state index contributed by atoms with van der Waals surface area (Å²) in [6, 6.07) is 2.19. The average molecular weight is 242 g/mol. The summed E-state index contributed by atoms with van der Waals surface area (Å²) in [5, 5.41) is 13.1. The van der Waals surface area contributed by atoms with Crippen LogP contribution in [-0.4, -0.2) is 41.2 Å². The smallest absolute Gasteiger partial charge is 0.131 e. The highest BCUT2D eigenvalue weighted by Crippen LogP contribution is 2.21. The largest absolute Gasteiger partial charge is 0.392 e. The van der Waals surface area contributed by atoms with Gasteiger partial charge in [0.05, 0.1) is 6.61 Å². The molecule has 1 aliphatic rings. The van der Waals surface area contributed by atoms with Gasteiger partial charge in [-0.3, -0.25) is 0 Å². The van der Waals surface area contributed by atoms with Gasteiger partial charge in [-0.05, 0) is 26.1 Å². The van der Waals surface area contributed by atoms with E-state index >= 15 is 0 Å². The van der Waals surface area contributed by atoms with Crippen LogP contribution in [0.1, 0.15) is 12.0 Å². The molecule has 2 heterocycles. The Morgan fingerprint density at radius 1 is 1.69 bits per heavy atom. The van der Waals surface area contributed by atoms with E-state index in [0.29, 0.717) is 11.2 Å². The molecule has 0 amide bonds. The molecule has 1 aromatic rings. The van der Waals surface area contributed by atoms with Gasteiger partial charge in [-0.2, -0.15) is 0 Å². The number of rotatable bonds is 3. The summed E-state index contributed by atoms with van der Waals surface area (Å²) in [6.07, 6.45) is 2.73. The molecule has 0 saturated carbocycles. The van der Waals surface area contributed by atoms with Crippen LogP contribution in [0.25, 0.3) is 0 Å². The fourth-order valence-electron chi connectivity index (χ4n) is 1.99. The van der Waals surface area contributed by atoms with Gasteiger partial charge in [-0.1, -0.05) is 11.6 Å². The zero-order valence-electron chi connectivity index (χ0n) is 9.28. The number of likely N-dealkylation sites (N-methyl/N-ethyl adjacent to an activating group) is 1. The van der Waals surface area contributed by atoms with Gasteiger partial charge in [0.1, 0.15) is 5.15 Å². The zero-order valence-corrected chi connectivity index (χ0v) is 10.0. The number of likely N-dealkylation sites (tertiary alicyclic amines) is 1. The first-order valence-corrected chi connectivity index (χ1v) is 5.77. The van der Waals surface area contributed by atoms with Crippen molar-refractivity contribution in [1.82, 2.24) is 9.88 Å². The molecule has 2 N–H and O–H groups in total. The second-order valence-corrected chi connectivity index (χ2v) is 4.60. The molecule has 1 aromatic heterocycles. The molecular formula is C11H16ClN3O. The van der Waals surface area contributed by atoms with Gasteiger partial charge in [0.2, 0.25) is 0 Å². The van der Waals surface area contributed by atoms with Gasteiger partial charge in [0, 0.05) is 30.0 Å². The predicted molar refractivity (Wildman–Crippen MR) is 64.7 cm³/mol. The first kappa shape index (κ1) is 11.6. The molecule has 0 bridgehead atoms. The Morgan fingerprint density at radius 3 is 3.12 bits per heavy atom. The molecule has 1 aliphatic heterocycles. The zero-order chi connectivity index (χ0) is 11.5. The lowest BCUT2D eigenvalue weighted by atomic mass is 10.2. The maximum absolute atomic E-state index is 9.20. The Labute approximate surface area is 100 Å². The van der Waals surface area contributed by atoms with Crippen LogP contribution < -0.4 is 5.32 Å². The molecule has 0 aromatic carbocycles. The van der Waals surface area contributed by atoms with Crippen molar-refractivity contribution < 1.29 is 5.11 Å². The highest BCUT2D eigenvalue weighted by atomic mass is 35.5. The van der Waals surface area contributed by atoms with Crippen LogP contribution in [0.15, 0.2) is 12.3 Å². The molecule has 0 radical (unpaired) electrons. The van der Waals surface area contributed by atoms with Crippen molar-refractivity contribution in [3.63, 3.8) is 0 Å². The maximum Gasteiger partial charge on any atom is 0.131 e. The topological polar surface area (TPSA) is 48.4 Å². The first-order valence-electron chi connectivity index (χ1n) is 5.39. The number of nitrogens with zero attached hydrogens (tertiary/aromatic N) is 2. The number of hydrogen-bond acceptors (Lipinski definition) is 4. The number of hydrogen-bond donors (Lipinski definition) is 2. The van der Waals surface area contributed by atoms with Crippen molar-refractivity contribution in [3.8, 4) is 0 Å². The molecule has 88 valence electrons. The molecule has 0 spiro atoms. The second kappa shape index (κ2) is 4.99. The second-order valence-electron chi connectivity index (χ2n) is 4.21. The number of halogens is 1. The number of aliphatic hydroxyl groups is 1. The van der Waals surface area contributed by atoms with E-state index in [1.54, 1.807) is 12.3 Å². The van der Waals surface area contributed by atoms with Crippen molar-refractivity contribution in [1.29, 1.82) is 0 Å². The summed E-state index contributed by atoms with van der Waals surface area (Å²) >= 11 is 5.84. The van der Waals surface area contributed by atoms with Crippen LogP contribution in [0, 0.1) is 0 Å². The first-order chi connectivity index (χ1) is 7.69. The van der Waals surface area contributed by atoms with Crippen molar-refractivity contribution in [2.75, 3.05) is 25.5 Å². The fourth-order valence-corrected chi connectivity index (χ4v) is 2.15. The molecule has 0 aliphatic carbocycles. The van der Waals surface area contributed by atoms with E-state index in [1.165, 1.54) is 0 Å². The quantitative estimate of drug-likeness (QED) is 0.785. The molecule has 16 heavy (non-hydrogen) atoms. The monoisotopic (exact) mass is 241 g/mol. The van der Waals surface area contributed by atoms with Crippen molar-refractivity contribution >= 4 is 17.3 Å². The number of aliphatic hydroxyl groups excluding tert-OH is 1. The molecule has 4 nitrogen and oxygen atoms in total. The van der Waals surface area contributed by atoms with E-state index in [4.69, 9.17) is 11.6 Å². The third-order valence-corrected chi connectivity index (χ3v) is 3.08. The third kappa shape index (κ3) is 2.64. The SMILES string of the molecule is CN1CCC(Nc2cc(Cl)ncc2CO)C1. The van der Waals surface area contributed by atoms with Crippen LogP contribution in [0.3, 0.4) is 0 Å². The van der Waals surface area contributed by atoms with Crippen LogP contribution in [0.2, 0.25) is 5.15 Å².